The average molecular weight is 1050 g/mol. The molecule has 9 rings (SSSR count). The quantitative estimate of drug-likeness (QED) is 0.149. The summed E-state index contributed by atoms with van der Waals surface area (Å²) in [5.41, 5.74) is 0. The van der Waals surface area contributed by atoms with Crippen LogP contribution in [0.1, 0.15) is 0 Å². The van der Waals surface area contributed by atoms with Crippen molar-refractivity contribution in [3.8, 4) is 0 Å². The van der Waals surface area contributed by atoms with Gasteiger partial charge in [-0.2, -0.15) is 0 Å². The van der Waals surface area contributed by atoms with Crippen LogP contribution in [0.3, 0.4) is 0 Å². The Morgan fingerprint density at radius 1 is 0.150 bits per heavy atom. The fraction of sp³-hybridized carbons (Fsp3) is 0. The van der Waals surface area contributed by atoms with E-state index in [1.165, 1.54) is 47.7 Å². The van der Waals surface area contributed by atoms with Crippen molar-refractivity contribution in [3.05, 3.63) is 273 Å². The molecule has 0 bridgehead atoms. The zero-order chi connectivity index (χ0) is 38.7. The Balaban J connectivity index is 0.000000194. The van der Waals surface area contributed by atoms with Crippen LogP contribution in [0.4, 0.5) is 0 Å². The average Bonchev–Trinajstić information content (AvgIpc) is 3.30. The Morgan fingerprint density at radius 2 is 0.233 bits per heavy atom. The minimum atomic E-state index is -0.446. The Hall–Kier alpha value is -4.15. The molecular formula is C54H45Br2P3Ru. The minimum Gasteiger partial charge on any atom is -1.00 e. The van der Waals surface area contributed by atoms with Gasteiger partial charge in [0.15, 0.2) is 0 Å². The fourth-order valence-corrected chi connectivity index (χ4v) is 13.5. The predicted octanol–water partition coefficient (Wildman–Crippen LogP) is 4.34. The molecule has 0 saturated heterocycles. The minimum absolute atomic E-state index is 0. The summed E-state index contributed by atoms with van der Waals surface area (Å²) in [5.74, 6) is 0. The molecule has 0 unspecified atom stereocenters. The van der Waals surface area contributed by atoms with E-state index in [0.29, 0.717) is 0 Å². The zero-order valence-electron chi connectivity index (χ0n) is 32.9. The third-order valence-corrected chi connectivity index (χ3v) is 16.5. The smallest absolute Gasteiger partial charge is 1.00 e. The van der Waals surface area contributed by atoms with Crippen LogP contribution in [0.15, 0.2) is 273 Å². The molecule has 9 aromatic carbocycles. The normalized spacial score (nSPS) is 10.1. The molecule has 0 radical (unpaired) electrons. The van der Waals surface area contributed by atoms with E-state index in [2.05, 4.69) is 273 Å². The van der Waals surface area contributed by atoms with E-state index in [0.717, 1.165) is 0 Å². The van der Waals surface area contributed by atoms with E-state index in [1.807, 2.05) is 0 Å². The molecule has 0 aromatic heterocycles. The summed E-state index contributed by atoms with van der Waals surface area (Å²) in [6.45, 7) is 0. The molecule has 0 nitrogen and oxygen atoms in total. The van der Waals surface area contributed by atoms with Gasteiger partial charge in [0.2, 0.25) is 0 Å². The van der Waals surface area contributed by atoms with Crippen molar-refractivity contribution in [2.24, 2.45) is 0 Å². The second-order valence-electron chi connectivity index (χ2n) is 13.0. The molecule has 0 N–H and O–H groups in total. The summed E-state index contributed by atoms with van der Waals surface area (Å²) in [6, 6.07) is 97.0. The SMILES string of the molecule is [Br-].[Br-].[Ru+2].c1ccc(P(c2ccccc2)c2ccccc2)cc1.c1ccc(P(c2ccccc2)c2ccccc2)cc1.c1ccc(P(c2ccccc2)c2ccccc2)cc1. The Kier molecular flexibility index (Phi) is 21.8. The molecule has 0 aliphatic carbocycles. The second kappa shape index (κ2) is 26.9. The number of hydrogen-bond donors (Lipinski definition) is 0. The first-order valence-corrected chi connectivity index (χ1v) is 23.2. The maximum Gasteiger partial charge on any atom is 2.00 e. The first-order valence-electron chi connectivity index (χ1n) is 19.2. The molecule has 60 heavy (non-hydrogen) atoms. The molecule has 0 aliphatic heterocycles. The number of hydrogen-bond acceptors (Lipinski definition) is 0. The van der Waals surface area contributed by atoms with Crippen molar-refractivity contribution in [2.75, 3.05) is 0 Å². The first-order chi connectivity index (χ1) is 28.3. The molecule has 0 amide bonds. The molecule has 9 aromatic rings. The summed E-state index contributed by atoms with van der Waals surface area (Å²) >= 11 is 0. The predicted molar refractivity (Wildman–Crippen MR) is 255 cm³/mol. The number of halogens is 2. The van der Waals surface area contributed by atoms with E-state index in [1.54, 1.807) is 0 Å². The largest absolute Gasteiger partial charge is 2.00 e. The second-order valence-corrected chi connectivity index (χ2v) is 19.7. The van der Waals surface area contributed by atoms with Crippen LogP contribution in [-0.4, -0.2) is 0 Å². The van der Waals surface area contributed by atoms with Gasteiger partial charge in [0.1, 0.15) is 0 Å². The van der Waals surface area contributed by atoms with Crippen molar-refractivity contribution < 1.29 is 53.4 Å². The summed E-state index contributed by atoms with van der Waals surface area (Å²) < 4.78 is 0. The van der Waals surface area contributed by atoms with Crippen LogP contribution in [-0.2, 0) is 19.5 Å². The van der Waals surface area contributed by atoms with Gasteiger partial charge >= 0.3 is 19.5 Å². The maximum atomic E-state index is 2.23. The topological polar surface area (TPSA) is 0 Å². The Labute approximate surface area is 394 Å². The maximum absolute atomic E-state index is 2.23. The molecule has 0 heterocycles. The van der Waals surface area contributed by atoms with Crippen molar-refractivity contribution >= 4 is 71.5 Å². The van der Waals surface area contributed by atoms with Gasteiger partial charge in [-0.25, -0.2) is 0 Å². The van der Waals surface area contributed by atoms with Crippen molar-refractivity contribution in [1.82, 2.24) is 0 Å². The van der Waals surface area contributed by atoms with Gasteiger partial charge < -0.3 is 34.0 Å². The van der Waals surface area contributed by atoms with Crippen LogP contribution in [0.25, 0.3) is 0 Å². The van der Waals surface area contributed by atoms with Crippen molar-refractivity contribution in [3.63, 3.8) is 0 Å². The molecule has 0 saturated carbocycles. The fourth-order valence-electron chi connectivity index (χ4n) is 6.54. The monoisotopic (exact) mass is 1050 g/mol. The van der Waals surface area contributed by atoms with Gasteiger partial charge in [0.05, 0.1) is 0 Å². The van der Waals surface area contributed by atoms with E-state index >= 15 is 0 Å². The van der Waals surface area contributed by atoms with E-state index < -0.39 is 23.8 Å². The first kappa shape index (κ1) is 48.5. The van der Waals surface area contributed by atoms with E-state index in [-0.39, 0.29) is 53.4 Å². The molecule has 298 valence electrons. The van der Waals surface area contributed by atoms with Gasteiger partial charge in [-0.1, -0.05) is 273 Å². The summed E-state index contributed by atoms with van der Waals surface area (Å²) in [4.78, 5) is 0. The van der Waals surface area contributed by atoms with Gasteiger partial charge in [-0.05, 0) is 71.5 Å². The molecule has 6 heteroatoms. The van der Waals surface area contributed by atoms with Gasteiger partial charge in [-0.15, -0.1) is 0 Å². The molecule has 0 spiro atoms. The number of benzene rings is 9. The molecular weight excluding hydrogens is 1000 g/mol. The van der Waals surface area contributed by atoms with Gasteiger partial charge in [0.25, 0.3) is 0 Å². The third-order valence-electron chi connectivity index (χ3n) is 9.13. The van der Waals surface area contributed by atoms with Crippen molar-refractivity contribution in [2.45, 2.75) is 0 Å². The summed E-state index contributed by atoms with van der Waals surface area (Å²) in [5, 5.41) is 12.6. The summed E-state index contributed by atoms with van der Waals surface area (Å²) in [7, 11) is -1.34. The van der Waals surface area contributed by atoms with Crippen LogP contribution in [0, 0.1) is 0 Å². The van der Waals surface area contributed by atoms with Crippen LogP contribution >= 0.6 is 23.8 Å². The van der Waals surface area contributed by atoms with Crippen molar-refractivity contribution in [1.29, 1.82) is 0 Å². The third kappa shape index (κ3) is 13.9. The summed E-state index contributed by atoms with van der Waals surface area (Å²) in [6.07, 6.45) is 0. The number of rotatable bonds is 9. The van der Waals surface area contributed by atoms with E-state index in [9.17, 15) is 0 Å². The molecule has 0 atom stereocenters. The Bertz CT molecular complexity index is 1870. The van der Waals surface area contributed by atoms with E-state index in [4.69, 9.17) is 0 Å². The van der Waals surface area contributed by atoms with Gasteiger partial charge in [0, 0.05) is 0 Å². The molecule has 0 fully saturated rings. The Morgan fingerprint density at radius 3 is 0.317 bits per heavy atom. The van der Waals surface area contributed by atoms with Crippen LogP contribution in [0.2, 0.25) is 0 Å². The molecule has 0 aliphatic rings. The van der Waals surface area contributed by atoms with Crippen LogP contribution in [0.5, 0.6) is 0 Å². The van der Waals surface area contributed by atoms with Gasteiger partial charge in [-0.3, -0.25) is 0 Å². The van der Waals surface area contributed by atoms with Crippen LogP contribution < -0.4 is 81.7 Å². The zero-order valence-corrected chi connectivity index (χ0v) is 40.5. The standard InChI is InChI=1S/3C18H15P.2BrH.Ru/c3*1-4-10-16(11-5-1)19(17-12-6-2-7-13-17)18-14-8-3-9-15-18;;;/h3*1-15H;2*1H;/q;;;;;+2/p-2.